The van der Waals surface area contributed by atoms with E-state index in [0.717, 1.165) is 6.07 Å². The van der Waals surface area contributed by atoms with E-state index in [1.807, 2.05) is 0 Å². The molecule has 0 amide bonds. The first-order valence-electron chi connectivity index (χ1n) is 5.98. The van der Waals surface area contributed by atoms with Crippen molar-refractivity contribution in [3.8, 4) is 0 Å². The van der Waals surface area contributed by atoms with Crippen LogP contribution < -0.4 is 0 Å². The molecule has 0 saturated carbocycles. The van der Waals surface area contributed by atoms with Gasteiger partial charge in [-0.1, -0.05) is 4.40 Å². The van der Waals surface area contributed by atoms with E-state index in [0.29, 0.717) is 6.07 Å². The smallest absolute Gasteiger partial charge is 0.416 e. The van der Waals surface area contributed by atoms with E-state index in [1.165, 1.54) is 13.0 Å². The molecule has 21 heavy (non-hydrogen) atoms. The quantitative estimate of drug-likeness (QED) is 0.471. The fourth-order valence-corrected chi connectivity index (χ4v) is 1.98. The van der Waals surface area contributed by atoms with Crippen molar-refractivity contribution in [2.75, 3.05) is 0 Å². The SMILES string of the molecule is CC(=N[S+]([O-])C(C)(C)C)c1cc(N=O)cc(C(F)(F)F)c1. The topological polar surface area (TPSA) is 64.8 Å². The maximum absolute atomic E-state index is 12.8. The first-order valence-corrected chi connectivity index (χ1v) is 7.09. The Morgan fingerprint density at radius 3 is 2.19 bits per heavy atom. The maximum atomic E-state index is 12.8. The third-order valence-electron chi connectivity index (χ3n) is 2.51. The molecule has 0 bridgehead atoms. The first-order chi connectivity index (χ1) is 9.45. The van der Waals surface area contributed by atoms with E-state index in [-0.39, 0.29) is 17.0 Å². The Balaban J connectivity index is 3.30. The third kappa shape index (κ3) is 4.82. The summed E-state index contributed by atoms with van der Waals surface area (Å²) in [5.41, 5.74) is -1.13. The molecule has 0 aromatic heterocycles. The molecule has 0 saturated heterocycles. The zero-order chi connectivity index (χ0) is 16.4. The molecule has 4 nitrogen and oxygen atoms in total. The van der Waals surface area contributed by atoms with Crippen LogP contribution in [0.2, 0.25) is 0 Å². The molecule has 1 unspecified atom stereocenters. The Kier molecular flexibility index (Phi) is 5.16. The predicted molar refractivity (Wildman–Crippen MR) is 77.0 cm³/mol. The van der Waals surface area contributed by atoms with Crippen LogP contribution in [0.25, 0.3) is 0 Å². The molecule has 8 heteroatoms. The Morgan fingerprint density at radius 2 is 1.76 bits per heavy atom. The number of rotatable bonds is 3. The van der Waals surface area contributed by atoms with Gasteiger partial charge < -0.3 is 4.55 Å². The van der Waals surface area contributed by atoms with Gasteiger partial charge in [-0.2, -0.15) is 13.2 Å². The molecule has 1 atom stereocenters. The highest BCUT2D eigenvalue weighted by molar-refractivity contribution is 7.91. The second kappa shape index (κ2) is 6.15. The zero-order valence-electron chi connectivity index (χ0n) is 12.0. The second-order valence-corrected chi connectivity index (χ2v) is 7.30. The molecule has 0 spiro atoms. The van der Waals surface area contributed by atoms with Crippen LogP contribution in [-0.4, -0.2) is 15.0 Å². The van der Waals surface area contributed by atoms with Gasteiger partial charge in [-0.25, -0.2) is 0 Å². The van der Waals surface area contributed by atoms with Gasteiger partial charge in [-0.3, -0.25) is 0 Å². The summed E-state index contributed by atoms with van der Waals surface area (Å²) in [5, 5.41) is 2.53. The number of halogens is 3. The van der Waals surface area contributed by atoms with E-state index in [4.69, 9.17) is 0 Å². The summed E-state index contributed by atoms with van der Waals surface area (Å²) in [6.45, 7) is 6.53. The van der Waals surface area contributed by atoms with Crippen LogP contribution in [0.15, 0.2) is 27.8 Å². The summed E-state index contributed by atoms with van der Waals surface area (Å²) in [6.07, 6.45) is -4.60. The summed E-state index contributed by atoms with van der Waals surface area (Å²) >= 11 is -1.61. The van der Waals surface area contributed by atoms with Gasteiger partial charge in [-0.15, -0.1) is 4.91 Å². The summed E-state index contributed by atoms with van der Waals surface area (Å²) in [5.74, 6) is 0. The molecule has 0 aliphatic heterocycles. The predicted octanol–water partition coefficient (Wildman–Crippen LogP) is 4.37. The Hall–Kier alpha value is -1.41. The van der Waals surface area contributed by atoms with Gasteiger partial charge in [0.05, 0.1) is 11.3 Å². The number of nitroso groups, excluding NO2 is 1. The Bertz CT molecular complexity index is 566. The van der Waals surface area contributed by atoms with E-state index in [9.17, 15) is 22.6 Å². The fourth-order valence-electron chi connectivity index (χ4n) is 1.35. The molecular formula is C13H15F3N2O2S. The van der Waals surface area contributed by atoms with E-state index in [1.54, 1.807) is 20.8 Å². The van der Waals surface area contributed by atoms with E-state index in [2.05, 4.69) is 9.57 Å². The number of hydrogen-bond acceptors (Lipinski definition) is 4. The van der Waals surface area contributed by atoms with Gasteiger partial charge in [0, 0.05) is 5.56 Å². The number of alkyl halides is 3. The monoisotopic (exact) mass is 320 g/mol. The van der Waals surface area contributed by atoms with Crippen LogP contribution in [0.4, 0.5) is 18.9 Å². The van der Waals surface area contributed by atoms with Crippen molar-refractivity contribution in [1.29, 1.82) is 0 Å². The van der Waals surface area contributed by atoms with Crippen LogP contribution >= 0.6 is 0 Å². The van der Waals surface area contributed by atoms with Crippen molar-refractivity contribution >= 4 is 22.8 Å². The lowest BCUT2D eigenvalue weighted by Gasteiger charge is -2.19. The minimum atomic E-state index is -4.60. The second-order valence-electron chi connectivity index (χ2n) is 5.40. The molecule has 0 N–H and O–H groups in total. The molecule has 0 aliphatic rings. The summed E-state index contributed by atoms with van der Waals surface area (Å²) in [7, 11) is 0. The molecule has 1 rings (SSSR count). The van der Waals surface area contributed by atoms with Crippen molar-refractivity contribution in [2.45, 2.75) is 38.6 Å². The molecule has 1 aromatic rings. The maximum Gasteiger partial charge on any atom is 0.416 e. The molecular weight excluding hydrogens is 305 g/mol. The van der Waals surface area contributed by atoms with Crippen molar-refractivity contribution in [3.63, 3.8) is 0 Å². The van der Waals surface area contributed by atoms with Crippen molar-refractivity contribution < 1.29 is 17.7 Å². The number of hydrogen-bond donors (Lipinski definition) is 0. The third-order valence-corrected chi connectivity index (χ3v) is 4.00. The minimum absolute atomic E-state index is 0.0667. The van der Waals surface area contributed by atoms with E-state index < -0.39 is 27.8 Å². The molecule has 0 radical (unpaired) electrons. The Morgan fingerprint density at radius 1 is 1.19 bits per heavy atom. The normalized spacial score (nSPS) is 15.0. The first kappa shape index (κ1) is 17.6. The lowest BCUT2D eigenvalue weighted by atomic mass is 10.1. The number of benzene rings is 1. The van der Waals surface area contributed by atoms with Crippen molar-refractivity contribution in [1.82, 2.24) is 0 Å². The largest absolute Gasteiger partial charge is 0.591 e. The van der Waals surface area contributed by atoms with Gasteiger partial charge in [0.1, 0.15) is 21.8 Å². The van der Waals surface area contributed by atoms with Gasteiger partial charge in [0.2, 0.25) is 0 Å². The van der Waals surface area contributed by atoms with Crippen LogP contribution in [0, 0.1) is 4.91 Å². The van der Waals surface area contributed by atoms with E-state index >= 15 is 0 Å². The fraction of sp³-hybridized carbons (Fsp3) is 0.462. The van der Waals surface area contributed by atoms with Gasteiger partial charge in [-0.05, 0) is 51.1 Å². The number of nitrogens with zero attached hydrogens (tertiary/aromatic N) is 2. The molecule has 0 aliphatic carbocycles. The Labute approximate surface area is 123 Å². The van der Waals surface area contributed by atoms with Crippen LogP contribution in [0.1, 0.15) is 38.8 Å². The lowest BCUT2D eigenvalue weighted by molar-refractivity contribution is -0.137. The van der Waals surface area contributed by atoms with Crippen LogP contribution in [-0.2, 0) is 17.5 Å². The molecule has 116 valence electrons. The highest BCUT2D eigenvalue weighted by atomic mass is 32.2. The summed E-state index contributed by atoms with van der Waals surface area (Å²) < 4.78 is 53.4. The van der Waals surface area contributed by atoms with Gasteiger partial charge in [0.25, 0.3) is 0 Å². The van der Waals surface area contributed by atoms with Crippen LogP contribution in [0.3, 0.4) is 0 Å². The van der Waals surface area contributed by atoms with Crippen molar-refractivity contribution in [2.24, 2.45) is 9.57 Å². The molecule has 0 heterocycles. The summed E-state index contributed by atoms with van der Waals surface area (Å²) in [6, 6.07) is 2.69. The zero-order valence-corrected chi connectivity index (χ0v) is 12.8. The highest BCUT2D eigenvalue weighted by Gasteiger charge is 2.32. The average molecular weight is 320 g/mol. The van der Waals surface area contributed by atoms with Crippen LogP contribution in [0.5, 0.6) is 0 Å². The molecule has 0 fully saturated rings. The standard InChI is InChI=1S/C13H15F3N2O2S/c1-8(18-21(20)12(2,3)4)9-5-10(13(14,15)16)7-11(6-9)17-19/h5-7H,1-4H3. The van der Waals surface area contributed by atoms with Gasteiger partial charge >= 0.3 is 6.18 Å². The van der Waals surface area contributed by atoms with Crippen molar-refractivity contribution in [3.05, 3.63) is 34.2 Å². The summed E-state index contributed by atoms with van der Waals surface area (Å²) in [4.78, 5) is 10.5. The molecule has 1 aromatic carbocycles. The minimum Gasteiger partial charge on any atom is -0.591 e. The lowest BCUT2D eigenvalue weighted by Crippen LogP contribution is -2.26. The highest BCUT2D eigenvalue weighted by Crippen LogP contribution is 2.33. The van der Waals surface area contributed by atoms with Gasteiger partial charge in [0.15, 0.2) is 0 Å². The average Bonchev–Trinajstić information content (AvgIpc) is 2.35.